The number of fused-ring (bicyclic) bond motifs is 1. The van der Waals surface area contributed by atoms with Crippen molar-refractivity contribution >= 4 is 0 Å². The van der Waals surface area contributed by atoms with Crippen LogP contribution in [0.25, 0.3) is 0 Å². The van der Waals surface area contributed by atoms with Crippen molar-refractivity contribution in [3.05, 3.63) is 29.3 Å². The number of benzene rings is 1. The highest BCUT2D eigenvalue weighted by Crippen LogP contribution is 2.42. The molecule has 0 saturated heterocycles. The van der Waals surface area contributed by atoms with Gasteiger partial charge in [-0.3, -0.25) is 0 Å². The molecule has 1 saturated carbocycles. The number of nitrogens with one attached hydrogen (secondary N) is 1. The number of likely N-dealkylation sites (N-methyl/N-ethyl adjacent to an activating group) is 1. The fourth-order valence-corrected chi connectivity index (χ4v) is 3.37. The van der Waals surface area contributed by atoms with E-state index in [1.54, 1.807) is 0 Å². The Labute approximate surface area is 103 Å². The third kappa shape index (κ3) is 1.95. The smallest absolute Gasteiger partial charge is 0.126 e. The number of hydrogen-bond acceptors (Lipinski definition) is 2. The van der Waals surface area contributed by atoms with Crippen LogP contribution in [0.2, 0.25) is 0 Å². The van der Waals surface area contributed by atoms with Gasteiger partial charge >= 0.3 is 0 Å². The van der Waals surface area contributed by atoms with E-state index in [-0.39, 0.29) is 0 Å². The minimum Gasteiger partial charge on any atom is -0.493 e. The van der Waals surface area contributed by atoms with Gasteiger partial charge in [-0.25, -0.2) is 0 Å². The van der Waals surface area contributed by atoms with Gasteiger partial charge in [0.1, 0.15) is 5.75 Å². The molecule has 1 aliphatic heterocycles. The second kappa shape index (κ2) is 4.69. The second-order valence-corrected chi connectivity index (χ2v) is 5.14. The van der Waals surface area contributed by atoms with Crippen molar-refractivity contribution in [3.63, 3.8) is 0 Å². The summed E-state index contributed by atoms with van der Waals surface area (Å²) in [4.78, 5) is 0. The van der Waals surface area contributed by atoms with Crippen molar-refractivity contribution in [1.82, 2.24) is 5.32 Å². The Morgan fingerprint density at radius 1 is 1.35 bits per heavy atom. The molecule has 1 aliphatic carbocycles. The zero-order chi connectivity index (χ0) is 11.7. The molecule has 3 rings (SSSR count). The Hall–Kier alpha value is -1.02. The maximum atomic E-state index is 5.84. The van der Waals surface area contributed by atoms with E-state index in [0.717, 1.165) is 19.6 Å². The maximum absolute atomic E-state index is 5.84. The maximum Gasteiger partial charge on any atom is 0.126 e. The van der Waals surface area contributed by atoms with Gasteiger partial charge in [0.15, 0.2) is 0 Å². The van der Waals surface area contributed by atoms with Crippen LogP contribution in [0.15, 0.2) is 18.2 Å². The molecule has 0 aromatic heterocycles. The Kier molecular flexibility index (Phi) is 3.06. The Morgan fingerprint density at radius 3 is 3.18 bits per heavy atom. The van der Waals surface area contributed by atoms with Crippen molar-refractivity contribution in [1.29, 1.82) is 0 Å². The molecule has 0 amide bonds. The van der Waals surface area contributed by atoms with Crippen LogP contribution in [-0.2, 0) is 6.42 Å². The molecule has 2 unspecified atom stereocenters. The van der Waals surface area contributed by atoms with Gasteiger partial charge in [0.05, 0.1) is 6.61 Å². The van der Waals surface area contributed by atoms with E-state index >= 15 is 0 Å². The van der Waals surface area contributed by atoms with Crippen LogP contribution < -0.4 is 10.1 Å². The van der Waals surface area contributed by atoms with Crippen LogP contribution in [0.4, 0.5) is 0 Å². The van der Waals surface area contributed by atoms with Crippen LogP contribution in [-0.4, -0.2) is 19.2 Å². The normalized spacial score (nSPS) is 26.9. The fourth-order valence-electron chi connectivity index (χ4n) is 3.37. The van der Waals surface area contributed by atoms with Crippen LogP contribution in [0.5, 0.6) is 5.75 Å². The van der Waals surface area contributed by atoms with Crippen LogP contribution in [0.3, 0.4) is 0 Å². The predicted molar refractivity (Wildman–Crippen MR) is 69.7 cm³/mol. The first-order valence-corrected chi connectivity index (χ1v) is 6.88. The Balaban J connectivity index is 1.91. The molecule has 1 fully saturated rings. The zero-order valence-electron chi connectivity index (χ0n) is 10.5. The van der Waals surface area contributed by atoms with Gasteiger partial charge < -0.3 is 10.1 Å². The Bertz CT molecular complexity index is 402. The average molecular weight is 231 g/mol. The average Bonchev–Trinajstić information content (AvgIpc) is 2.96. The van der Waals surface area contributed by atoms with Gasteiger partial charge in [-0.1, -0.05) is 31.5 Å². The third-order valence-electron chi connectivity index (χ3n) is 4.13. The van der Waals surface area contributed by atoms with E-state index in [2.05, 4.69) is 30.4 Å². The quantitative estimate of drug-likeness (QED) is 0.863. The molecule has 0 spiro atoms. The summed E-state index contributed by atoms with van der Waals surface area (Å²) in [6.07, 6.45) is 5.04. The lowest BCUT2D eigenvalue weighted by Crippen LogP contribution is -2.31. The first kappa shape index (κ1) is 11.1. The number of rotatable bonds is 3. The van der Waals surface area contributed by atoms with E-state index in [4.69, 9.17) is 4.74 Å². The summed E-state index contributed by atoms with van der Waals surface area (Å²) in [7, 11) is 0. The second-order valence-electron chi connectivity index (χ2n) is 5.14. The molecular weight excluding hydrogens is 210 g/mol. The lowest BCUT2D eigenvalue weighted by atomic mass is 9.91. The first-order chi connectivity index (χ1) is 8.40. The van der Waals surface area contributed by atoms with Gasteiger partial charge in [0, 0.05) is 18.4 Å². The largest absolute Gasteiger partial charge is 0.493 e. The molecule has 0 bridgehead atoms. The van der Waals surface area contributed by atoms with Gasteiger partial charge in [-0.15, -0.1) is 0 Å². The molecule has 1 aromatic carbocycles. The summed E-state index contributed by atoms with van der Waals surface area (Å²) in [6.45, 7) is 4.13. The van der Waals surface area contributed by atoms with Crippen molar-refractivity contribution in [3.8, 4) is 5.75 Å². The molecule has 92 valence electrons. The van der Waals surface area contributed by atoms with Gasteiger partial charge in [-0.05, 0) is 30.5 Å². The van der Waals surface area contributed by atoms with Gasteiger partial charge in [0.25, 0.3) is 0 Å². The van der Waals surface area contributed by atoms with Crippen LogP contribution in [0, 0.1) is 0 Å². The third-order valence-corrected chi connectivity index (χ3v) is 4.13. The minimum absolute atomic E-state index is 0.649. The molecule has 2 heteroatoms. The van der Waals surface area contributed by atoms with Crippen LogP contribution >= 0.6 is 0 Å². The molecule has 1 heterocycles. The topological polar surface area (TPSA) is 21.3 Å². The number of hydrogen-bond donors (Lipinski definition) is 1. The van der Waals surface area contributed by atoms with Crippen molar-refractivity contribution < 1.29 is 4.74 Å². The first-order valence-electron chi connectivity index (χ1n) is 6.88. The lowest BCUT2D eigenvalue weighted by Gasteiger charge is -2.22. The molecule has 2 nitrogen and oxygen atoms in total. The highest BCUT2D eigenvalue weighted by Gasteiger charge is 2.31. The van der Waals surface area contributed by atoms with Gasteiger partial charge in [0.2, 0.25) is 0 Å². The Morgan fingerprint density at radius 2 is 2.29 bits per heavy atom. The molecule has 0 radical (unpaired) electrons. The van der Waals surface area contributed by atoms with Crippen molar-refractivity contribution in [2.75, 3.05) is 13.2 Å². The molecular formula is C15H21NO. The molecule has 2 atom stereocenters. The fraction of sp³-hybridized carbons (Fsp3) is 0.600. The zero-order valence-corrected chi connectivity index (χ0v) is 10.5. The lowest BCUT2D eigenvalue weighted by molar-refractivity contribution is 0.348. The van der Waals surface area contributed by atoms with E-state index in [9.17, 15) is 0 Å². The number of para-hydroxylation sites is 1. The summed E-state index contributed by atoms with van der Waals surface area (Å²) < 4.78 is 5.84. The molecule has 1 N–H and O–H groups in total. The summed E-state index contributed by atoms with van der Waals surface area (Å²) >= 11 is 0. The van der Waals surface area contributed by atoms with E-state index < -0.39 is 0 Å². The minimum atomic E-state index is 0.649. The molecule has 17 heavy (non-hydrogen) atoms. The predicted octanol–water partition coefficient (Wildman–Crippen LogP) is 2.87. The van der Waals surface area contributed by atoms with E-state index in [1.807, 2.05) is 0 Å². The molecule has 1 aromatic rings. The highest BCUT2D eigenvalue weighted by molar-refractivity contribution is 5.46. The van der Waals surface area contributed by atoms with Crippen molar-refractivity contribution in [2.45, 2.75) is 44.6 Å². The summed E-state index contributed by atoms with van der Waals surface area (Å²) in [5.74, 6) is 1.85. The summed E-state index contributed by atoms with van der Waals surface area (Å²) in [5, 5.41) is 3.63. The van der Waals surface area contributed by atoms with Crippen molar-refractivity contribution in [2.24, 2.45) is 0 Å². The standard InChI is InChI=1S/C15H21NO/c1-2-16-14-8-4-6-12(14)13-7-3-5-11-9-10-17-15(11)13/h3,5,7,12,14,16H,2,4,6,8-10H2,1H3. The van der Waals surface area contributed by atoms with Crippen LogP contribution in [0.1, 0.15) is 43.2 Å². The highest BCUT2D eigenvalue weighted by atomic mass is 16.5. The molecule has 2 aliphatic rings. The monoisotopic (exact) mass is 231 g/mol. The summed E-state index contributed by atoms with van der Waals surface area (Å²) in [6, 6.07) is 7.33. The number of ether oxygens (including phenoxy) is 1. The SMILES string of the molecule is CCNC1CCCC1c1cccc2c1OCC2. The van der Waals surface area contributed by atoms with E-state index in [1.165, 1.54) is 36.1 Å². The summed E-state index contributed by atoms with van der Waals surface area (Å²) in [5.41, 5.74) is 2.85. The van der Waals surface area contributed by atoms with E-state index in [0.29, 0.717) is 12.0 Å². The van der Waals surface area contributed by atoms with Gasteiger partial charge in [-0.2, -0.15) is 0 Å².